The highest BCUT2D eigenvalue weighted by Gasteiger charge is 2.30. The van der Waals surface area contributed by atoms with Crippen molar-refractivity contribution in [2.45, 2.75) is 0 Å². The zero-order chi connectivity index (χ0) is 33.2. The summed E-state index contributed by atoms with van der Waals surface area (Å²) in [6.07, 6.45) is 0. The van der Waals surface area contributed by atoms with Crippen molar-refractivity contribution in [2.75, 3.05) is 0 Å². The van der Waals surface area contributed by atoms with Gasteiger partial charge in [-0.3, -0.25) is 0 Å². The van der Waals surface area contributed by atoms with Crippen molar-refractivity contribution in [3.63, 3.8) is 0 Å². The van der Waals surface area contributed by atoms with Crippen LogP contribution >= 0.6 is 18.5 Å². The fraction of sp³-hybridized carbons (Fsp3) is 0. The second kappa shape index (κ2) is 11.4. The van der Waals surface area contributed by atoms with E-state index in [1.165, 1.54) is 30.9 Å². The maximum Gasteiger partial charge on any atom is 0.171 e. The van der Waals surface area contributed by atoms with Gasteiger partial charge in [-0.1, -0.05) is 109 Å². The molecule has 236 valence electrons. The molecule has 0 saturated carbocycles. The van der Waals surface area contributed by atoms with Crippen LogP contribution in [0.2, 0.25) is 0 Å². The van der Waals surface area contributed by atoms with Gasteiger partial charge in [-0.05, 0) is 66.7 Å². The molecule has 0 amide bonds. The Morgan fingerprint density at radius 2 is 1.20 bits per heavy atom. The number of thiophene rings is 1. The molecule has 0 bridgehead atoms. The van der Waals surface area contributed by atoms with Crippen molar-refractivity contribution >= 4 is 87.3 Å². The molecular formula is C45H29N2OPS. The van der Waals surface area contributed by atoms with Gasteiger partial charge in [-0.15, -0.1) is 11.3 Å². The predicted octanol–water partition coefficient (Wildman–Crippen LogP) is 11.0. The monoisotopic (exact) mass is 676 g/mol. The van der Waals surface area contributed by atoms with Crippen molar-refractivity contribution in [1.82, 2.24) is 9.55 Å². The van der Waals surface area contributed by atoms with Gasteiger partial charge >= 0.3 is 0 Å². The predicted molar refractivity (Wildman–Crippen MR) is 214 cm³/mol. The van der Waals surface area contributed by atoms with Crippen molar-refractivity contribution in [3.05, 3.63) is 176 Å². The molecule has 50 heavy (non-hydrogen) atoms. The van der Waals surface area contributed by atoms with E-state index in [1.807, 2.05) is 78.1 Å². The van der Waals surface area contributed by atoms with Crippen LogP contribution in [0.15, 0.2) is 176 Å². The van der Waals surface area contributed by atoms with E-state index < -0.39 is 7.14 Å². The maximum absolute atomic E-state index is 15.7. The molecule has 0 aliphatic heterocycles. The molecule has 0 aliphatic carbocycles. The Bertz CT molecular complexity index is 2960. The largest absolute Gasteiger partial charge is 0.309 e. The standard InChI is InChI=1S/C45H29N2OPS/c48-49(33-13-2-1-3-14-33,35-15-10-12-31(27-35)41-26-21-30-11-4-7-18-40(30)46-41)34-24-22-32(23-25-34)47-42-19-8-5-16-36(42)38-29-45-39(28-43(38)47)37-17-6-9-20-44(37)50-45/h1-29H. The molecule has 10 aromatic rings. The summed E-state index contributed by atoms with van der Waals surface area (Å²) in [4.78, 5) is 4.94. The molecule has 1 atom stereocenters. The molecule has 0 radical (unpaired) electrons. The second-order valence-electron chi connectivity index (χ2n) is 12.7. The van der Waals surface area contributed by atoms with Gasteiger partial charge in [0.05, 0.1) is 22.2 Å². The Balaban J connectivity index is 1.13. The lowest BCUT2D eigenvalue weighted by Gasteiger charge is -2.21. The molecule has 3 aromatic heterocycles. The number of fused-ring (bicyclic) bond motifs is 7. The molecule has 3 nitrogen and oxygen atoms in total. The molecule has 0 N–H and O–H groups in total. The Morgan fingerprint density at radius 3 is 2.08 bits per heavy atom. The average Bonchev–Trinajstić information content (AvgIpc) is 3.71. The summed E-state index contributed by atoms with van der Waals surface area (Å²) in [6, 6.07) is 60.6. The summed E-state index contributed by atoms with van der Waals surface area (Å²) in [5.41, 5.74) is 6.09. The van der Waals surface area contributed by atoms with Gasteiger partial charge in [-0.2, -0.15) is 0 Å². The van der Waals surface area contributed by atoms with Crippen LogP contribution in [0, 0.1) is 0 Å². The summed E-state index contributed by atoms with van der Waals surface area (Å²) in [5, 5.41) is 8.49. The number of rotatable bonds is 5. The average molecular weight is 677 g/mol. The molecule has 1 unspecified atom stereocenters. The number of benzene rings is 7. The highest BCUT2D eigenvalue weighted by molar-refractivity contribution is 7.85. The zero-order valence-corrected chi connectivity index (χ0v) is 28.6. The first kappa shape index (κ1) is 29.1. The number of aromatic nitrogens is 2. The van der Waals surface area contributed by atoms with Crippen LogP contribution in [-0.4, -0.2) is 9.55 Å². The van der Waals surface area contributed by atoms with Crippen molar-refractivity contribution in [1.29, 1.82) is 0 Å². The summed E-state index contributed by atoms with van der Waals surface area (Å²) in [5.74, 6) is 0. The topological polar surface area (TPSA) is 34.9 Å². The van der Waals surface area contributed by atoms with Crippen molar-refractivity contribution in [3.8, 4) is 16.9 Å². The molecule has 0 spiro atoms. The third-order valence-electron chi connectivity index (χ3n) is 9.87. The lowest BCUT2D eigenvalue weighted by Crippen LogP contribution is -2.25. The summed E-state index contributed by atoms with van der Waals surface area (Å²) < 4.78 is 20.6. The highest BCUT2D eigenvalue weighted by atomic mass is 32.1. The summed E-state index contributed by atoms with van der Waals surface area (Å²) >= 11 is 1.85. The van der Waals surface area contributed by atoms with Gasteiger partial charge in [0, 0.05) is 63.5 Å². The van der Waals surface area contributed by atoms with E-state index in [1.54, 1.807) is 0 Å². The minimum absolute atomic E-state index is 0.785. The van der Waals surface area contributed by atoms with Gasteiger partial charge in [0.15, 0.2) is 7.14 Å². The van der Waals surface area contributed by atoms with Crippen molar-refractivity contribution in [2.24, 2.45) is 0 Å². The van der Waals surface area contributed by atoms with Crippen molar-refractivity contribution < 1.29 is 4.57 Å². The van der Waals surface area contributed by atoms with E-state index >= 15 is 4.57 Å². The Kier molecular flexibility index (Phi) is 6.64. The normalized spacial score (nSPS) is 13.0. The zero-order valence-electron chi connectivity index (χ0n) is 26.9. The smallest absolute Gasteiger partial charge is 0.171 e. The van der Waals surface area contributed by atoms with Gasteiger partial charge in [0.25, 0.3) is 0 Å². The van der Waals surface area contributed by atoms with Gasteiger partial charge in [-0.25, -0.2) is 4.98 Å². The van der Waals surface area contributed by atoms with Gasteiger partial charge < -0.3 is 9.13 Å². The SMILES string of the molecule is O=P(c1ccccc1)(c1ccc(-n2c3ccccc3c3cc4sc5ccccc5c4cc32)cc1)c1cccc(-c2ccc3ccccc3n2)c1. The molecule has 0 fully saturated rings. The molecule has 3 heterocycles. The van der Waals surface area contributed by atoms with E-state index in [4.69, 9.17) is 4.98 Å². The lowest BCUT2D eigenvalue weighted by molar-refractivity contribution is 0.592. The fourth-order valence-corrected chi connectivity index (χ4v) is 11.2. The minimum atomic E-state index is -3.25. The first-order chi connectivity index (χ1) is 24.6. The van der Waals surface area contributed by atoms with E-state index in [9.17, 15) is 0 Å². The number of nitrogens with zero attached hydrogens (tertiary/aromatic N) is 2. The fourth-order valence-electron chi connectivity index (χ4n) is 7.45. The molecule has 5 heteroatoms. The highest BCUT2D eigenvalue weighted by Crippen LogP contribution is 2.44. The Labute approximate surface area is 293 Å². The Hall–Kier alpha value is -5.80. The quantitative estimate of drug-likeness (QED) is 0.170. The molecule has 10 rings (SSSR count). The molecular weight excluding hydrogens is 648 g/mol. The second-order valence-corrected chi connectivity index (χ2v) is 16.6. The third-order valence-corrected chi connectivity index (χ3v) is 14.1. The summed E-state index contributed by atoms with van der Waals surface area (Å²) in [7, 11) is -3.25. The maximum atomic E-state index is 15.7. The van der Waals surface area contributed by atoms with Crippen LogP contribution in [0.3, 0.4) is 0 Å². The van der Waals surface area contributed by atoms with E-state index in [-0.39, 0.29) is 0 Å². The van der Waals surface area contributed by atoms with Gasteiger partial charge in [0.2, 0.25) is 0 Å². The molecule has 0 aliphatic rings. The number of para-hydroxylation sites is 2. The van der Waals surface area contributed by atoms with Crippen LogP contribution < -0.4 is 15.9 Å². The first-order valence-electron chi connectivity index (χ1n) is 16.7. The lowest BCUT2D eigenvalue weighted by atomic mass is 10.1. The molecule has 7 aromatic carbocycles. The number of hydrogen-bond acceptors (Lipinski definition) is 3. The Morgan fingerprint density at radius 1 is 0.480 bits per heavy atom. The van der Waals surface area contributed by atoms with E-state index in [2.05, 4.69) is 114 Å². The van der Waals surface area contributed by atoms with Crippen LogP contribution in [0.4, 0.5) is 0 Å². The first-order valence-corrected chi connectivity index (χ1v) is 19.3. The third kappa shape index (κ3) is 4.50. The number of hydrogen-bond donors (Lipinski definition) is 0. The van der Waals surface area contributed by atoms with Crippen LogP contribution in [0.5, 0.6) is 0 Å². The van der Waals surface area contributed by atoms with E-state index in [0.717, 1.165) is 54.8 Å². The minimum Gasteiger partial charge on any atom is -0.309 e. The number of pyridine rings is 1. The summed E-state index contributed by atoms with van der Waals surface area (Å²) in [6.45, 7) is 0. The molecule has 0 saturated heterocycles. The van der Waals surface area contributed by atoms with Crippen LogP contribution in [0.25, 0.3) is 69.8 Å². The van der Waals surface area contributed by atoms with Gasteiger partial charge in [0.1, 0.15) is 0 Å². The van der Waals surface area contributed by atoms with E-state index in [0.29, 0.717) is 0 Å². The van der Waals surface area contributed by atoms with Crippen LogP contribution in [0.1, 0.15) is 0 Å². The van der Waals surface area contributed by atoms with Crippen LogP contribution in [-0.2, 0) is 4.57 Å².